The third-order valence-corrected chi connectivity index (χ3v) is 14.1. The highest BCUT2D eigenvalue weighted by molar-refractivity contribution is 7.90. The van der Waals surface area contributed by atoms with Crippen LogP contribution in [0.4, 0.5) is 11.4 Å². The first-order chi connectivity index (χ1) is 30.7. The number of carbonyl (C=O) groups excluding carboxylic acids is 1. The summed E-state index contributed by atoms with van der Waals surface area (Å²) in [7, 11) is -4.67. The normalized spacial score (nSPS) is 17.8. The van der Waals surface area contributed by atoms with Gasteiger partial charge in [-0.15, -0.1) is 0 Å². The molecular weight excluding hydrogens is 878 g/mol. The van der Waals surface area contributed by atoms with E-state index in [1.165, 1.54) is 41.2 Å². The largest absolute Gasteiger partial charge is 0.492 e. The van der Waals surface area contributed by atoms with E-state index < -0.39 is 31.4 Å². The fraction of sp³-hybridized carbons (Fsp3) is 0.298. The number of amides is 1. The molecular formula is C47H45Cl2N7O7S. The van der Waals surface area contributed by atoms with Crippen molar-refractivity contribution in [2.75, 3.05) is 44.2 Å². The summed E-state index contributed by atoms with van der Waals surface area (Å²) < 4.78 is 42.2. The molecule has 3 aliphatic rings. The molecule has 17 heteroatoms. The number of nitrogens with one attached hydrogen (secondary N) is 2. The molecule has 0 unspecified atom stereocenters. The lowest BCUT2D eigenvalue weighted by Crippen LogP contribution is -2.47. The third kappa shape index (κ3) is 9.29. The van der Waals surface area contributed by atoms with Gasteiger partial charge in [-0.2, -0.15) is 0 Å². The van der Waals surface area contributed by atoms with E-state index in [0.29, 0.717) is 35.2 Å². The lowest BCUT2D eigenvalue weighted by molar-refractivity contribution is -0.386. The Morgan fingerprint density at radius 1 is 0.984 bits per heavy atom. The summed E-state index contributed by atoms with van der Waals surface area (Å²) in [6.07, 6.45) is 8.10. The molecule has 1 saturated heterocycles. The van der Waals surface area contributed by atoms with Crippen LogP contribution in [0, 0.1) is 15.5 Å². The molecule has 3 aromatic carbocycles. The van der Waals surface area contributed by atoms with Crippen LogP contribution >= 0.6 is 23.2 Å². The number of fused-ring (bicyclic) bond motifs is 2. The fourth-order valence-electron chi connectivity index (χ4n) is 8.79. The minimum Gasteiger partial charge on any atom is -0.492 e. The molecule has 2 aliphatic heterocycles. The zero-order chi connectivity index (χ0) is 44.8. The van der Waals surface area contributed by atoms with Crippen LogP contribution < -0.4 is 19.1 Å². The topological polar surface area (TPSA) is 173 Å². The smallest absolute Gasteiger partial charge is 0.277 e. The minimum absolute atomic E-state index is 0.0368. The highest BCUT2D eigenvalue weighted by Gasteiger charge is 2.34. The van der Waals surface area contributed by atoms with E-state index in [1.54, 1.807) is 36.5 Å². The van der Waals surface area contributed by atoms with Crippen molar-refractivity contribution in [3.05, 3.63) is 146 Å². The second kappa shape index (κ2) is 17.5. The maximum Gasteiger partial charge on any atom is 0.277 e. The number of halogens is 2. The Labute approximate surface area is 380 Å². The van der Waals surface area contributed by atoms with Crippen LogP contribution in [-0.4, -0.2) is 78.4 Å². The average Bonchev–Trinajstić information content (AvgIpc) is 3.75. The molecule has 0 bridgehead atoms. The van der Waals surface area contributed by atoms with Crippen molar-refractivity contribution in [1.82, 2.24) is 24.6 Å². The van der Waals surface area contributed by atoms with Crippen molar-refractivity contribution in [3.63, 3.8) is 0 Å². The molecule has 330 valence electrons. The first-order valence-electron chi connectivity index (χ1n) is 21.0. The van der Waals surface area contributed by atoms with E-state index in [0.717, 1.165) is 61.1 Å². The van der Waals surface area contributed by atoms with Crippen LogP contribution in [0.5, 0.6) is 17.2 Å². The number of benzene rings is 3. The van der Waals surface area contributed by atoms with Crippen molar-refractivity contribution in [2.45, 2.75) is 50.3 Å². The third-order valence-electron chi connectivity index (χ3n) is 12.3. The van der Waals surface area contributed by atoms with Gasteiger partial charge >= 0.3 is 0 Å². The van der Waals surface area contributed by atoms with E-state index >= 15 is 0 Å². The Balaban J connectivity index is 0.953. The number of nitro benzene ring substituents is 1. The van der Waals surface area contributed by atoms with Crippen molar-refractivity contribution in [3.8, 4) is 17.2 Å². The molecule has 1 aliphatic carbocycles. The van der Waals surface area contributed by atoms with Crippen LogP contribution in [0.2, 0.25) is 10.0 Å². The van der Waals surface area contributed by atoms with Crippen LogP contribution in [0.1, 0.15) is 66.2 Å². The molecule has 0 saturated carbocycles. The SMILES string of the molecule is CC1(C)CCC(CN2CCN(c3ccc(C(=O)NS(=O)(=O)c4cc5c(c([N+](=O)[O-])c4)C[C@H](c4ccc(Cl)cn4)CO5)c(Oc4cnc5[nH]ccc5c4)c3)CC2)=C(c2ccc(Cl)cc2)C1. The van der Waals surface area contributed by atoms with Crippen molar-refractivity contribution < 1.29 is 27.6 Å². The minimum atomic E-state index is -4.67. The number of rotatable bonds is 11. The predicted molar refractivity (Wildman–Crippen MR) is 246 cm³/mol. The Hall–Kier alpha value is -6.00. The second-order valence-electron chi connectivity index (χ2n) is 17.3. The molecule has 0 spiro atoms. The molecule has 1 amide bonds. The molecule has 64 heavy (non-hydrogen) atoms. The van der Waals surface area contributed by atoms with Gasteiger partial charge < -0.3 is 19.4 Å². The molecule has 1 atom stereocenters. The van der Waals surface area contributed by atoms with Gasteiger partial charge in [-0.25, -0.2) is 18.1 Å². The first kappa shape index (κ1) is 43.3. The molecule has 14 nitrogen and oxygen atoms in total. The molecule has 9 rings (SSSR count). The number of anilines is 1. The number of carbonyl (C=O) groups is 1. The number of hydrogen-bond donors (Lipinski definition) is 2. The highest BCUT2D eigenvalue weighted by Crippen LogP contribution is 2.44. The number of hydrogen-bond acceptors (Lipinski definition) is 11. The van der Waals surface area contributed by atoms with Crippen LogP contribution in [-0.2, 0) is 16.4 Å². The lowest BCUT2D eigenvalue weighted by atomic mass is 9.72. The summed E-state index contributed by atoms with van der Waals surface area (Å²) in [4.78, 5) is 41.7. The Morgan fingerprint density at radius 3 is 2.52 bits per heavy atom. The number of sulfonamides is 1. The zero-order valence-corrected chi connectivity index (χ0v) is 37.5. The summed E-state index contributed by atoms with van der Waals surface area (Å²) in [5.41, 5.74) is 6.08. The summed E-state index contributed by atoms with van der Waals surface area (Å²) in [5, 5.41) is 14.3. The molecule has 5 heterocycles. The van der Waals surface area contributed by atoms with Crippen LogP contribution in [0.15, 0.2) is 108 Å². The number of aromatic amines is 1. The van der Waals surface area contributed by atoms with Gasteiger partial charge in [-0.3, -0.25) is 24.8 Å². The summed E-state index contributed by atoms with van der Waals surface area (Å²) in [6.45, 7) is 8.66. The van der Waals surface area contributed by atoms with Gasteiger partial charge in [0.15, 0.2) is 0 Å². The van der Waals surface area contributed by atoms with Crippen molar-refractivity contribution >= 4 is 67.1 Å². The van der Waals surface area contributed by atoms with Gasteiger partial charge in [-0.05, 0) is 90.8 Å². The van der Waals surface area contributed by atoms with Gasteiger partial charge in [-0.1, -0.05) is 54.8 Å². The molecule has 0 radical (unpaired) electrons. The maximum absolute atomic E-state index is 14.0. The Morgan fingerprint density at radius 2 is 1.77 bits per heavy atom. The van der Waals surface area contributed by atoms with E-state index in [4.69, 9.17) is 32.7 Å². The van der Waals surface area contributed by atoms with E-state index in [1.807, 2.05) is 18.2 Å². The molecule has 2 N–H and O–H groups in total. The monoisotopic (exact) mass is 921 g/mol. The van der Waals surface area contributed by atoms with Gasteiger partial charge in [0, 0.05) is 91.0 Å². The quantitative estimate of drug-likeness (QED) is 0.0936. The number of ether oxygens (including phenoxy) is 2. The van der Waals surface area contributed by atoms with Gasteiger partial charge in [0.2, 0.25) is 0 Å². The number of nitro groups is 1. The van der Waals surface area contributed by atoms with Crippen LogP contribution in [0.25, 0.3) is 16.6 Å². The number of pyridine rings is 2. The molecule has 3 aromatic heterocycles. The number of aromatic nitrogens is 3. The average molecular weight is 923 g/mol. The first-order valence-corrected chi connectivity index (χ1v) is 23.2. The van der Waals surface area contributed by atoms with Gasteiger partial charge in [0.25, 0.3) is 21.6 Å². The highest BCUT2D eigenvalue weighted by atomic mass is 35.5. The van der Waals surface area contributed by atoms with Crippen LogP contribution in [0.3, 0.4) is 0 Å². The Kier molecular flexibility index (Phi) is 11.8. The molecule has 1 fully saturated rings. The summed E-state index contributed by atoms with van der Waals surface area (Å²) in [5.74, 6) is -0.841. The lowest BCUT2D eigenvalue weighted by Gasteiger charge is -2.39. The second-order valence-corrected chi connectivity index (χ2v) is 19.8. The van der Waals surface area contributed by atoms with Gasteiger partial charge in [0.1, 0.15) is 22.9 Å². The number of H-pyrrole nitrogens is 1. The zero-order valence-electron chi connectivity index (χ0n) is 35.1. The number of nitrogens with zero attached hydrogens (tertiary/aromatic N) is 5. The fourth-order valence-corrected chi connectivity index (χ4v) is 10.0. The van der Waals surface area contributed by atoms with E-state index in [9.17, 15) is 23.3 Å². The summed E-state index contributed by atoms with van der Waals surface area (Å²) >= 11 is 12.2. The van der Waals surface area contributed by atoms with Gasteiger partial charge in [0.05, 0.1) is 38.8 Å². The van der Waals surface area contributed by atoms with E-state index in [2.05, 4.69) is 55.5 Å². The standard InChI is InChI=1S/C47H45Cl2N7O7S/c1-47(2)13-11-31(40(24-47)29-3-5-33(48)6-4-29)27-54-15-17-55(18-16-54)35-8-9-38(44(21-35)63-36-19-30-12-14-50-45(30)52-26-36)46(57)53-64(60,61)37-22-42(56(58)59)39-20-32(28-62-43(39)23-37)41-10-7-34(49)25-51-41/h3-10,12,14,19,21-23,25-26,32H,11,13,15-18,20,24,27-28H2,1-2H3,(H,50,52)(H,53,57)/t32-/m0/s1. The molecule has 6 aromatic rings. The maximum atomic E-state index is 14.0. The van der Waals surface area contributed by atoms with Crippen molar-refractivity contribution in [1.29, 1.82) is 0 Å². The Bertz CT molecular complexity index is 2910. The van der Waals surface area contributed by atoms with Crippen molar-refractivity contribution in [2.24, 2.45) is 5.41 Å². The van der Waals surface area contributed by atoms with E-state index in [-0.39, 0.29) is 47.0 Å². The number of piperazine rings is 1. The number of allylic oxidation sites excluding steroid dienone is 1. The summed E-state index contributed by atoms with van der Waals surface area (Å²) in [6, 6.07) is 22.3. The predicted octanol–water partition coefficient (Wildman–Crippen LogP) is 9.59.